The van der Waals surface area contributed by atoms with Crippen LogP contribution in [-0.2, 0) is 17.6 Å². The molecule has 0 saturated carbocycles. The average molecular weight is 266 g/mol. The van der Waals surface area contributed by atoms with Gasteiger partial charge in [0.1, 0.15) is 0 Å². The highest BCUT2D eigenvalue weighted by Crippen LogP contribution is 2.30. The third-order valence-electron chi connectivity index (χ3n) is 3.69. The van der Waals surface area contributed by atoms with Gasteiger partial charge in [-0.25, -0.2) is 0 Å². The molecule has 0 N–H and O–H groups in total. The zero-order valence-electron chi connectivity index (χ0n) is 11.3. The van der Waals surface area contributed by atoms with Crippen molar-refractivity contribution in [3.63, 3.8) is 0 Å². The van der Waals surface area contributed by atoms with E-state index in [1.54, 1.807) is 18.4 Å². The van der Waals surface area contributed by atoms with Gasteiger partial charge in [-0.05, 0) is 43.7 Å². The van der Waals surface area contributed by atoms with Crippen molar-refractivity contribution in [1.82, 2.24) is 0 Å². The molecule has 0 amide bonds. The van der Waals surface area contributed by atoms with E-state index in [0.29, 0.717) is 12.4 Å². The van der Waals surface area contributed by atoms with Gasteiger partial charge in [-0.1, -0.05) is 13.3 Å². The van der Waals surface area contributed by atoms with Crippen LogP contribution in [0.4, 0.5) is 0 Å². The van der Waals surface area contributed by atoms with Crippen LogP contribution in [0.2, 0.25) is 0 Å². The Balaban J connectivity index is 2.06. The monoisotopic (exact) mass is 266 g/mol. The van der Waals surface area contributed by atoms with Gasteiger partial charge in [-0.15, -0.1) is 11.3 Å². The number of ether oxygens (including phenoxy) is 1. The summed E-state index contributed by atoms with van der Waals surface area (Å²) in [5.41, 5.74) is 1.43. The SMILES string of the molecule is COCCC(C)C(=O)c1cc2c(s1)CCCCC2. The number of thiophene rings is 1. The highest BCUT2D eigenvalue weighted by molar-refractivity contribution is 7.14. The predicted octanol–water partition coefficient (Wildman–Crippen LogP) is 3.87. The fourth-order valence-corrected chi connectivity index (χ4v) is 3.76. The number of carbonyl (C=O) groups is 1. The topological polar surface area (TPSA) is 26.3 Å². The molecule has 0 radical (unpaired) electrons. The summed E-state index contributed by atoms with van der Waals surface area (Å²) in [5.74, 6) is 0.373. The molecule has 0 saturated heterocycles. The molecule has 100 valence electrons. The lowest BCUT2D eigenvalue weighted by Gasteiger charge is -2.07. The minimum Gasteiger partial charge on any atom is -0.385 e. The van der Waals surface area contributed by atoms with Crippen LogP contribution < -0.4 is 0 Å². The zero-order chi connectivity index (χ0) is 13.0. The maximum Gasteiger partial charge on any atom is 0.175 e. The lowest BCUT2D eigenvalue weighted by atomic mass is 10.0. The molecule has 1 unspecified atom stereocenters. The Morgan fingerprint density at radius 1 is 1.39 bits per heavy atom. The number of fused-ring (bicyclic) bond motifs is 1. The van der Waals surface area contributed by atoms with E-state index in [1.807, 2.05) is 6.92 Å². The summed E-state index contributed by atoms with van der Waals surface area (Å²) in [6.07, 6.45) is 7.02. The van der Waals surface area contributed by atoms with Crippen molar-refractivity contribution in [2.24, 2.45) is 5.92 Å². The Morgan fingerprint density at radius 2 is 2.17 bits per heavy atom. The minimum atomic E-state index is 0.0761. The number of hydrogen-bond donors (Lipinski definition) is 0. The van der Waals surface area contributed by atoms with Gasteiger partial charge >= 0.3 is 0 Å². The molecule has 18 heavy (non-hydrogen) atoms. The summed E-state index contributed by atoms with van der Waals surface area (Å²) in [7, 11) is 1.69. The number of carbonyl (C=O) groups excluding carboxylic acids is 1. The van der Waals surface area contributed by atoms with Crippen LogP contribution in [0.3, 0.4) is 0 Å². The van der Waals surface area contributed by atoms with E-state index < -0.39 is 0 Å². The highest BCUT2D eigenvalue weighted by Gasteiger charge is 2.20. The summed E-state index contributed by atoms with van der Waals surface area (Å²) in [5, 5.41) is 0. The van der Waals surface area contributed by atoms with Gasteiger partial charge < -0.3 is 4.74 Å². The lowest BCUT2D eigenvalue weighted by molar-refractivity contribution is 0.0898. The van der Waals surface area contributed by atoms with Gasteiger partial charge in [0.15, 0.2) is 5.78 Å². The first-order valence-corrected chi connectivity index (χ1v) is 7.68. The minimum absolute atomic E-state index is 0.0761. The van der Waals surface area contributed by atoms with Gasteiger partial charge in [0.2, 0.25) is 0 Å². The lowest BCUT2D eigenvalue weighted by Crippen LogP contribution is -2.12. The van der Waals surface area contributed by atoms with Crippen LogP contribution >= 0.6 is 11.3 Å². The Bertz CT molecular complexity index is 385. The van der Waals surface area contributed by atoms with Crippen molar-refractivity contribution in [3.8, 4) is 0 Å². The summed E-state index contributed by atoms with van der Waals surface area (Å²) >= 11 is 1.73. The van der Waals surface area contributed by atoms with Crippen LogP contribution in [0.1, 0.15) is 52.7 Å². The van der Waals surface area contributed by atoms with Gasteiger partial charge in [0.25, 0.3) is 0 Å². The van der Waals surface area contributed by atoms with Crippen LogP contribution in [0.5, 0.6) is 0 Å². The van der Waals surface area contributed by atoms with Gasteiger partial charge in [0.05, 0.1) is 4.88 Å². The number of rotatable bonds is 5. The van der Waals surface area contributed by atoms with Crippen molar-refractivity contribution >= 4 is 17.1 Å². The van der Waals surface area contributed by atoms with Gasteiger partial charge in [-0.2, -0.15) is 0 Å². The van der Waals surface area contributed by atoms with E-state index in [1.165, 1.54) is 36.1 Å². The van der Waals surface area contributed by atoms with E-state index in [0.717, 1.165) is 17.7 Å². The summed E-state index contributed by atoms with van der Waals surface area (Å²) in [4.78, 5) is 14.7. The number of aryl methyl sites for hydroxylation is 2. The average Bonchev–Trinajstić information content (AvgIpc) is 2.66. The molecule has 2 nitrogen and oxygen atoms in total. The Labute approximate surface area is 113 Å². The fraction of sp³-hybridized carbons (Fsp3) is 0.667. The highest BCUT2D eigenvalue weighted by atomic mass is 32.1. The molecule has 2 rings (SSSR count). The molecule has 0 aliphatic heterocycles. The Morgan fingerprint density at radius 3 is 2.94 bits per heavy atom. The largest absolute Gasteiger partial charge is 0.385 e. The van der Waals surface area contributed by atoms with Crippen molar-refractivity contribution in [3.05, 3.63) is 21.4 Å². The fourth-order valence-electron chi connectivity index (χ4n) is 2.46. The molecule has 1 aliphatic carbocycles. The number of Topliss-reactive ketones (excluding diaryl/α,β-unsaturated/α-hetero) is 1. The zero-order valence-corrected chi connectivity index (χ0v) is 12.1. The Kier molecular flexibility index (Phi) is 4.95. The van der Waals surface area contributed by atoms with Crippen LogP contribution in [0.25, 0.3) is 0 Å². The third-order valence-corrected chi connectivity index (χ3v) is 4.94. The van der Waals surface area contributed by atoms with Crippen molar-refractivity contribution in [2.75, 3.05) is 13.7 Å². The molecule has 3 heteroatoms. The van der Waals surface area contributed by atoms with Crippen LogP contribution in [0.15, 0.2) is 6.07 Å². The third kappa shape index (κ3) is 3.21. The molecular weight excluding hydrogens is 244 g/mol. The first-order valence-electron chi connectivity index (χ1n) is 6.87. The molecule has 1 aliphatic rings. The molecule has 1 heterocycles. The van der Waals surface area contributed by atoms with Gasteiger partial charge in [0, 0.05) is 24.5 Å². The van der Waals surface area contributed by atoms with E-state index in [2.05, 4.69) is 6.07 Å². The molecule has 0 spiro atoms. The normalized spacial score (nSPS) is 17.0. The smallest absolute Gasteiger partial charge is 0.175 e. The first-order chi connectivity index (χ1) is 8.72. The standard InChI is InChI=1S/C15H22O2S/c1-11(8-9-17-2)15(16)14-10-12-6-4-3-5-7-13(12)18-14/h10-11H,3-9H2,1-2H3. The van der Waals surface area contributed by atoms with E-state index in [9.17, 15) is 4.79 Å². The first kappa shape index (κ1) is 13.8. The number of ketones is 1. The van der Waals surface area contributed by atoms with Crippen LogP contribution in [-0.4, -0.2) is 19.5 Å². The molecule has 1 aromatic heterocycles. The molecule has 0 aromatic carbocycles. The maximum absolute atomic E-state index is 12.3. The van der Waals surface area contributed by atoms with E-state index >= 15 is 0 Å². The quantitative estimate of drug-likeness (QED) is 0.597. The molecule has 0 bridgehead atoms. The number of hydrogen-bond acceptors (Lipinski definition) is 3. The van der Waals surface area contributed by atoms with Crippen LogP contribution in [0, 0.1) is 5.92 Å². The second-order valence-corrected chi connectivity index (χ2v) is 6.30. The maximum atomic E-state index is 12.3. The molecule has 1 atom stereocenters. The molecular formula is C15H22O2S. The summed E-state index contributed by atoms with van der Waals surface area (Å²) in [6.45, 7) is 2.67. The predicted molar refractivity (Wildman–Crippen MR) is 75.6 cm³/mol. The molecule has 0 fully saturated rings. The Hall–Kier alpha value is -0.670. The summed E-state index contributed by atoms with van der Waals surface area (Å²) < 4.78 is 5.05. The summed E-state index contributed by atoms with van der Waals surface area (Å²) in [6, 6.07) is 2.15. The van der Waals surface area contributed by atoms with Crippen molar-refractivity contribution < 1.29 is 9.53 Å². The van der Waals surface area contributed by atoms with E-state index in [4.69, 9.17) is 4.74 Å². The van der Waals surface area contributed by atoms with E-state index in [-0.39, 0.29) is 5.92 Å². The van der Waals surface area contributed by atoms with Crippen molar-refractivity contribution in [2.45, 2.75) is 45.4 Å². The number of methoxy groups -OCH3 is 1. The van der Waals surface area contributed by atoms with Crippen molar-refractivity contribution in [1.29, 1.82) is 0 Å². The van der Waals surface area contributed by atoms with Gasteiger partial charge in [-0.3, -0.25) is 4.79 Å². The second-order valence-electron chi connectivity index (χ2n) is 5.17. The second kappa shape index (κ2) is 6.48. The molecule has 1 aromatic rings.